The first-order valence-electron chi connectivity index (χ1n) is 9.29. The molecule has 7 nitrogen and oxygen atoms in total. The molecule has 28 heavy (non-hydrogen) atoms. The number of nitrogens with one attached hydrogen (secondary N) is 1. The Morgan fingerprint density at radius 1 is 1.18 bits per heavy atom. The molecule has 1 aliphatic rings. The van der Waals surface area contributed by atoms with E-state index in [9.17, 15) is 14.9 Å². The fourth-order valence-electron chi connectivity index (χ4n) is 3.71. The van der Waals surface area contributed by atoms with E-state index in [1.165, 1.54) is 5.56 Å². The molecule has 0 aliphatic carbocycles. The lowest BCUT2D eigenvalue weighted by atomic mass is 10.0. The standard InChI is InChI=1S/C21H20N4O3/c26-20(24-14-4-6-15-5-1-2-8-19(15)24)11-13-23-18-10-9-17-16(7-3-12-22-17)21(18)25(27)28/h1-3,5,7-10,12,23H,4,6,11,13-14H2. The van der Waals surface area contributed by atoms with E-state index in [0.29, 0.717) is 29.7 Å². The number of anilines is 2. The van der Waals surface area contributed by atoms with Gasteiger partial charge < -0.3 is 10.2 Å². The quantitative estimate of drug-likeness (QED) is 0.538. The number of nitrogens with zero attached hydrogens (tertiary/aromatic N) is 3. The first kappa shape index (κ1) is 17.9. The number of nitro benzene ring substituents is 1. The summed E-state index contributed by atoms with van der Waals surface area (Å²) in [5.41, 5.74) is 3.12. The monoisotopic (exact) mass is 376 g/mol. The minimum atomic E-state index is -0.408. The van der Waals surface area contributed by atoms with Crippen LogP contribution in [0.1, 0.15) is 18.4 Å². The number of fused-ring (bicyclic) bond motifs is 2. The predicted molar refractivity (Wildman–Crippen MR) is 109 cm³/mol. The molecule has 1 amide bonds. The molecule has 2 heterocycles. The number of carbonyl (C=O) groups is 1. The lowest BCUT2D eigenvalue weighted by Crippen LogP contribution is -2.36. The maximum atomic E-state index is 12.7. The van der Waals surface area contributed by atoms with Gasteiger partial charge in [-0.25, -0.2) is 0 Å². The van der Waals surface area contributed by atoms with E-state index in [1.807, 2.05) is 23.1 Å². The molecule has 1 aromatic heterocycles. The zero-order valence-electron chi connectivity index (χ0n) is 15.3. The third-order valence-electron chi connectivity index (χ3n) is 5.00. The summed E-state index contributed by atoms with van der Waals surface area (Å²) in [6.07, 6.45) is 3.79. The zero-order chi connectivity index (χ0) is 19.5. The largest absolute Gasteiger partial charge is 0.379 e. The average molecular weight is 376 g/mol. The molecule has 0 saturated carbocycles. The normalized spacial score (nSPS) is 13.2. The third-order valence-corrected chi connectivity index (χ3v) is 5.00. The molecule has 0 unspecified atom stereocenters. The van der Waals surface area contributed by atoms with Crippen LogP contribution in [0.15, 0.2) is 54.7 Å². The number of para-hydroxylation sites is 1. The molecule has 0 radical (unpaired) electrons. The fraction of sp³-hybridized carbons (Fsp3) is 0.238. The molecule has 3 aromatic rings. The average Bonchev–Trinajstić information content (AvgIpc) is 2.72. The van der Waals surface area contributed by atoms with Crippen molar-refractivity contribution in [1.29, 1.82) is 0 Å². The summed E-state index contributed by atoms with van der Waals surface area (Å²) in [5.74, 6) is 0.0183. The molecule has 1 aliphatic heterocycles. The molecule has 0 atom stereocenters. The van der Waals surface area contributed by atoms with Crippen molar-refractivity contribution >= 4 is 33.9 Å². The van der Waals surface area contributed by atoms with Crippen molar-refractivity contribution < 1.29 is 9.72 Å². The lowest BCUT2D eigenvalue weighted by molar-refractivity contribution is -0.382. The maximum Gasteiger partial charge on any atom is 0.301 e. The molecular formula is C21H20N4O3. The van der Waals surface area contributed by atoms with Crippen LogP contribution >= 0.6 is 0 Å². The summed E-state index contributed by atoms with van der Waals surface area (Å²) in [7, 11) is 0. The van der Waals surface area contributed by atoms with E-state index < -0.39 is 4.92 Å². The van der Waals surface area contributed by atoms with Crippen molar-refractivity contribution in [2.24, 2.45) is 0 Å². The summed E-state index contributed by atoms with van der Waals surface area (Å²) >= 11 is 0. The van der Waals surface area contributed by atoms with Crippen LogP contribution in [0.4, 0.5) is 17.1 Å². The van der Waals surface area contributed by atoms with Gasteiger partial charge in [-0.3, -0.25) is 19.9 Å². The summed E-state index contributed by atoms with van der Waals surface area (Å²) in [4.78, 5) is 29.9. The van der Waals surface area contributed by atoms with E-state index >= 15 is 0 Å². The van der Waals surface area contributed by atoms with Gasteiger partial charge in [-0.05, 0) is 48.7 Å². The van der Waals surface area contributed by atoms with Crippen molar-refractivity contribution in [3.05, 3.63) is 70.4 Å². The van der Waals surface area contributed by atoms with Gasteiger partial charge in [0.15, 0.2) is 0 Å². The summed E-state index contributed by atoms with van der Waals surface area (Å²) in [6.45, 7) is 1.03. The van der Waals surface area contributed by atoms with Gasteiger partial charge in [-0.2, -0.15) is 0 Å². The third kappa shape index (κ3) is 3.38. The van der Waals surface area contributed by atoms with E-state index in [0.717, 1.165) is 18.5 Å². The number of amides is 1. The van der Waals surface area contributed by atoms with Gasteiger partial charge >= 0.3 is 5.69 Å². The van der Waals surface area contributed by atoms with Crippen LogP contribution in [0.2, 0.25) is 0 Å². The van der Waals surface area contributed by atoms with Crippen LogP contribution in [-0.2, 0) is 11.2 Å². The van der Waals surface area contributed by atoms with E-state index in [2.05, 4.69) is 16.4 Å². The van der Waals surface area contributed by atoms with E-state index in [4.69, 9.17) is 0 Å². The number of rotatable bonds is 5. The SMILES string of the molecule is O=C(CCNc1ccc2ncccc2c1[N+](=O)[O-])N1CCCc2ccccc21. The summed E-state index contributed by atoms with van der Waals surface area (Å²) in [6, 6.07) is 14.7. The first-order valence-corrected chi connectivity index (χ1v) is 9.29. The molecule has 1 N–H and O–H groups in total. The number of pyridine rings is 1. The molecule has 0 saturated heterocycles. The number of hydrogen-bond acceptors (Lipinski definition) is 5. The Kier molecular flexibility index (Phi) is 4.89. The highest BCUT2D eigenvalue weighted by Crippen LogP contribution is 2.32. The number of aromatic nitrogens is 1. The predicted octanol–water partition coefficient (Wildman–Crippen LogP) is 3.92. The van der Waals surface area contributed by atoms with E-state index in [1.54, 1.807) is 30.5 Å². The van der Waals surface area contributed by atoms with Crippen LogP contribution in [0.25, 0.3) is 10.9 Å². The Hall–Kier alpha value is -3.48. The van der Waals surface area contributed by atoms with Gasteiger partial charge in [0.2, 0.25) is 5.91 Å². The first-order chi connectivity index (χ1) is 13.6. The highest BCUT2D eigenvalue weighted by molar-refractivity contribution is 5.96. The van der Waals surface area contributed by atoms with Crippen molar-refractivity contribution in [2.75, 3.05) is 23.3 Å². The van der Waals surface area contributed by atoms with Crippen molar-refractivity contribution in [2.45, 2.75) is 19.3 Å². The van der Waals surface area contributed by atoms with Crippen molar-refractivity contribution in [1.82, 2.24) is 4.98 Å². The van der Waals surface area contributed by atoms with Crippen molar-refractivity contribution in [3.63, 3.8) is 0 Å². The number of aryl methyl sites for hydroxylation is 1. The van der Waals surface area contributed by atoms with Gasteiger partial charge in [0, 0.05) is 31.4 Å². The Bertz CT molecular complexity index is 1050. The van der Waals surface area contributed by atoms with Gasteiger partial charge in [0.05, 0.1) is 15.8 Å². The lowest BCUT2D eigenvalue weighted by Gasteiger charge is -2.29. The molecule has 0 bridgehead atoms. The number of carbonyl (C=O) groups excluding carboxylic acids is 1. The fourth-order valence-corrected chi connectivity index (χ4v) is 3.71. The molecular weight excluding hydrogens is 356 g/mol. The minimum absolute atomic E-state index is 0.0126. The van der Waals surface area contributed by atoms with Crippen molar-refractivity contribution in [3.8, 4) is 0 Å². The zero-order valence-corrected chi connectivity index (χ0v) is 15.3. The second-order valence-electron chi connectivity index (χ2n) is 6.74. The highest BCUT2D eigenvalue weighted by atomic mass is 16.6. The molecule has 0 spiro atoms. The van der Waals surface area contributed by atoms with Gasteiger partial charge in [0.25, 0.3) is 0 Å². The topological polar surface area (TPSA) is 88.4 Å². The Morgan fingerprint density at radius 2 is 2.04 bits per heavy atom. The van der Waals surface area contributed by atoms with Crippen LogP contribution in [0.5, 0.6) is 0 Å². The van der Waals surface area contributed by atoms with Gasteiger partial charge in [0.1, 0.15) is 5.69 Å². The number of nitro groups is 1. The van der Waals surface area contributed by atoms with E-state index in [-0.39, 0.29) is 18.0 Å². The maximum absolute atomic E-state index is 12.7. The molecule has 7 heteroatoms. The smallest absolute Gasteiger partial charge is 0.301 e. The Morgan fingerprint density at radius 3 is 2.89 bits per heavy atom. The molecule has 0 fully saturated rings. The minimum Gasteiger partial charge on any atom is -0.379 e. The van der Waals surface area contributed by atoms with Crippen LogP contribution in [-0.4, -0.2) is 28.9 Å². The second-order valence-corrected chi connectivity index (χ2v) is 6.74. The van der Waals surface area contributed by atoms with Gasteiger partial charge in [-0.1, -0.05) is 18.2 Å². The Balaban J connectivity index is 1.48. The van der Waals surface area contributed by atoms with Crippen LogP contribution in [0.3, 0.4) is 0 Å². The highest BCUT2D eigenvalue weighted by Gasteiger charge is 2.23. The number of benzene rings is 2. The summed E-state index contributed by atoms with van der Waals surface area (Å²) in [5, 5.41) is 15.1. The molecule has 2 aromatic carbocycles. The summed E-state index contributed by atoms with van der Waals surface area (Å²) < 4.78 is 0. The van der Waals surface area contributed by atoms with Crippen LogP contribution in [0, 0.1) is 10.1 Å². The van der Waals surface area contributed by atoms with Gasteiger partial charge in [-0.15, -0.1) is 0 Å². The molecule has 4 rings (SSSR count). The second kappa shape index (κ2) is 7.64. The Labute approximate surface area is 162 Å². The molecule has 142 valence electrons. The number of hydrogen-bond donors (Lipinski definition) is 1. The van der Waals surface area contributed by atoms with Crippen LogP contribution < -0.4 is 10.2 Å².